The van der Waals surface area contributed by atoms with E-state index >= 15 is 0 Å². The third-order valence-electron chi connectivity index (χ3n) is 3.02. The van der Waals surface area contributed by atoms with Gasteiger partial charge in [0.25, 0.3) is 0 Å². The summed E-state index contributed by atoms with van der Waals surface area (Å²) in [5.41, 5.74) is 0. The first kappa shape index (κ1) is 19.3. The van der Waals surface area contributed by atoms with Crippen LogP contribution in [0.1, 0.15) is 38.5 Å². The van der Waals surface area contributed by atoms with Crippen LogP contribution in [-0.2, 0) is 18.9 Å². The van der Waals surface area contributed by atoms with Crippen LogP contribution in [-0.4, -0.2) is 41.0 Å². The molecule has 0 heterocycles. The Labute approximate surface area is 123 Å². The fraction of sp³-hybridized carbons (Fsp3) is 0.750. The van der Waals surface area contributed by atoms with Crippen molar-refractivity contribution >= 4 is 0 Å². The van der Waals surface area contributed by atoms with E-state index < -0.39 is 0 Å². The molecule has 0 radical (unpaired) electrons. The second kappa shape index (κ2) is 14.7. The molecule has 20 heavy (non-hydrogen) atoms. The van der Waals surface area contributed by atoms with Gasteiger partial charge in [-0.2, -0.15) is 0 Å². The molecule has 0 atom stereocenters. The van der Waals surface area contributed by atoms with Crippen molar-refractivity contribution in [2.75, 3.05) is 28.4 Å². The molecule has 0 bridgehead atoms. The third kappa shape index (κ3) is 11.2. The smallest absolute Gasteiger partial charge is 0.157 e. The minimum Gasteiger partial charge on any atom is -0.356 e. The number of hydrogen-bond acceptors (Lipinski definition) is 4. The number of allylic oxidation sites excluding steroid dienone is 4. The summed E-state index contributed by atoms with van der Waals surface area (Å²) >= 11 is 0. The van der Waals surface area contributed by atoms with Crippen LogP contribution in [0, 0.1) is 0 Å². The molecule has 118 valence electrons. The van der Waals surface area contributed by atoms with Gasteiger partial charge in [-0.1, -0.05) is 24.3 Å². The average Bonchev–Trinajstić information content (AvgIpc) is 2.49. The van der Waals surface area contributed by atoms with Crippen LogP contribution >= 0.6 is 0 Å². The molecule has 0 aromatic heterocycles. The van der Waals surface area contributed by atoms with E-state index in [1.807, 2.05) is 0 Å². The van der Waals surface area contributed by atoms with Crippen molar-refractivity contribution in [2.24, 2.45) is 0 Å². The van der Waals surface area contributed by atoms with Gasteiger partial charge >= 0.3 is 0 Å². The lowest BCUT2D eigenvalue weighted by molar-refractivity contribution is -0.105. The molecule has 4 heteroatoms. The predicted octanol–water partition coefficient (Wildman–Crippen LogP) is 3.68. The van der Waals surface area contributed by atoms with Gasteiger partial charge in [0.15, 0.2) is 12.6 Å². The first-order chi connectivity index (χ1) is 9.78. The minimum atomic E-state index is -0.0888. The molecule has 0 fully saturated rings. The Bertz CT molecular complexity index is 217. The summed E-state index contributed by atoms with van der Waals surface area (Å²) in [6.45, 7) is 0. The van der Waals surface area contributed by atoms with E-state index in [0.29, 0.717) is 0 Å². The molecule has 0 aliphatic heterocycles. The number of hydrogen-bond donors (Lipinski definition) is 0. The van der Waals surface area contributed by atoms with Gasteiger partial charge in [0, 0.05) is 41.3 Å². The topological polar surface area (TPSA) is 36.9 Å². The molecule has 0 amide bonds. The van der Waals surface area contributed by atoms with Gasteiger partial charge in [-0.05, 0) is 25.7 Å². The predicted molar refractivity (Wildman–Crippen MR) is 81.6 cm³/mol. The van der Waals surface area contributed by atoms with E-state index in [9.17, 15) is 0 Å². The molecule has 0 aromatic rings. The minimum absolute atomic E-state index is 0.0888. The molecule has 0 unspecified atom stereocenters. The monoisotopic (exact) mass is 286 g/mol. The van der Waals surface area contributed by atoms with E-state index in [4.69, 9.17) is 18.9 Å². The van der Waals surface area contributed by atoms with Crippen molar-refractivity contribution in [3.8, 4) is 0 Å². The largest absolute Gasteiger partial charge is 0.356 e. The van der Waals surface area contributed by atoms with Gasteiger partial charge in [-0.3, -0.25) is 0 Å². The van der Waals surface area contributed by atoms with E-state index in [1.54, 1.807) is 28.4 Å². The van der Waals surface area contributed by atoms with Crippen molar-refractivity contribution < 1.29 is 18.9 Å². The summed E-state index contributed by atoms with van der Waals surface area (Å²) in [5.74, 6) is 0. The lowest BCUT2D eigenvalue weighted by Crippen LogP contribution is -2.11. The highest BCUT2D eigenvalue weighted by Crippen LogP contribution is 2.05. The number of rotatable bonds is 13. The number of unbranched alkanes of at least 4 members (excludes halogenated alkanes) is 1. The van der Waals surface area contributed by atoms with Gasteiger partial charge < -0.3 is 18.9 Å². The number of ether oxygens (including phenoxy) is 4. The summed E-state index contributed by atoms with van der Waals surface area (Å²) < 4.78 is 20.5. The Kier molecular flexibility index (Phi) is 14.2. The van der Waals surface area contributed by atoms with E-state index in [2.05, 4.69) is 24.3 Å². The SMILES string of the molecule is COC(CC/C=C/CC/C=C/CCC(OC)OC)OC. The van der Waals surface area contributed by atoms with Gasteiger partial charge in [0.2, 0.25) is 0 Å². The highest BCUT2D eigenvalue weighted by Gasteiger charge is 2.02. The Balaban J connectivity index is 3.46. The summed E-state index contributed by atoms with van der Waals surface area (Å²) in [5, 5.41) is 0. The Hall–Kier alpha value is -0.680. The third-order valence-corrected chi connectivity index (χ3v) is 3.02. The van der Waals surface area contributed by atoms with Gasteiger partial charge in [0.1, 0.15) is 0 Å². The van der Waals surface area contributed by atoms with Crippen molar-refractivity contribution in [2.45, 2.75) is 51.1 Å². The summed E-state index contributed by atoms with van der Waals surface area (Å²) in [4.78, 5) is 0. The summed E-state index contributed by atoms with van der Waals surface area (Å²) in [6, 6.07) is 0. The average molecular weight is 286 g/mol. The molecule has 4 nitrogen and oxygen atoms in total. The summed E-state index contributed by atoms with van der Waals surface area (Å²) in [6.07, 6.45) is 14.5. The van der Waals surface area contributed by atoms with Crippen molar-refractivity contribution in [3.05, 3.63) is 24.3 Å². The van der Waals surface area contributed by atoms with E-state index in [1.165, 1.54) is 0 Å². The van der Waals surface area contributed by atoms with Gasteiger partial charge in [0.05, 0.1) is 0 Å². The van der Waals surface area contributed by atoms with Crippen molar-refractivity contribution in [1.82, 2.24) is 0 Å². The van der Waals surface area contributed by atoms with Crippen LogP contribution in [0.3, 0.4) is 0 Å². The van der Waals surface area contributed by atoms with Crippen LogP contribution < -0.4 is 0 Å². The lowest BCUT2D eigenvalue weighted by atomic mass is 10.2. The summed E-state index contributed by atoms with van der Waals surface area (Å²) in [7, 11) is 6.67. The standard InChI is InChI=1S/C16H30O4/c1-17-15(18-2)13-11-9-7-5-6-8-10-12-14-16(19-3)20-4/h7-10,15-16H,5-6,11-14H2,1-4H3/b9-7+,10-8+. The van der Waals surface area contributed by atoms with Gasteiger partial charge in [-0.25, -0.2) is 0 Å². The Morgan fingerprint density at radius 2 is 0.850 bits per heavy atom. The second-order valence-electron chi connectivity index (χ2n) is 4.48. The molecule has 0 spiro atoms. The fourth-order valence-electron chi connectivity index (χ4n) is 1.79. The highest BCUT2D eigenvalue weighted by molar-refractivity contribution is 4.88. The van der Waals surface area contributed by atoms with Crippen molar-refractivity contribution in [3.63, 3.8) is 0 Å². The first-order valence-electron chi connectivity index (χ1n) is 7.19. The first-order valence-corrected chi connectivity index (χ1v) is 7.19. The zero-order chi connectivity index (χ0) is 15.1. The molecule has 0 aromatic carbocycles. The normalized spacial score (nSPS) is 12.5. The zero-order valence-electron chi connectivity index (χ0n) is 13.3. The van der Waals surface area contributed by atoms with Crippen molar-refractivity contribution in [1.29, 1.82) is 0 Å². The number of methoxy groups -OCH3 is 4. The molecule has 0 saturated carbocycles. The Morgan fingerprint density at radius 3 is 1.15 bits per heavy atom. The molecular weight excluding hydrogens is 256 g/mol. The molecule has 0 rings (SSSR count). The van der Waals surface area contributed by atoms with Crippen LogP contribution in [0.15, 0.2) is 24.3 Å². The van der Waals surface area contributed by atoms with Gasteiger partial charge in [-0.15, -0.1) is 0 Å². The van der Waals surface area contributed by atoms with Crippen LogP contribution in [0.25, 0.3) is 0 Å². The second-order valence-corrected chi connectivity index (χ2v) is 4.48. The molecular formula is C16H30O4. The molecule has 0 aliphatic rings. The lowest BCUT2D eigenvalue weighted by Gasteiger charge is -2.11. The molecule has 0 saturated heterocycles. The maximum absolute atomic E-state index is 5.12. The fourth-order valence-corrected chi connectivity index (χ4v) is 1.79. The van der Waals surface area contributed by atoms with Crippen LogP contribution in [0.2, 0.25) is 0 Å². The van der Waals surface area contributed by atoms with Crippen LogP contribution in [0.4, 0.5) is 0 Å². The molecule has 0 aliphatic carbocycles. The zero-order valence-corrected chi connectivity index (χ0v) is 13.3. The van der Waals surface area contributed by atoms with E-state index in [-0.39, 0.29) is 12.6 Å². The Morgan fingerprint density at radius 1 is 0.550 bits per heavy atom. The maximum Gasteiger partial charge on any atom is 0.157 e. The quantitative estimate of drug-likeness (QED) is 0.294. The maximum atomic E-state index is 5.12. The van der Waals surface area contributed by atoms with Crippen LogP contribution in [0.5, 0.6) is 0 Å². The van der Waals surface area contributed by atoms with E-state index in [0.717, 1.165) is 38.5 Å². The molecule has 0 N–H and O–H groups in total. The highest BCUT2D eigenvalue weighted by atomic mass is 16.7.